The normalized spacial score (nSPS) is 24.5. The minimum atomic E-state index is -0.454. The molecule has 2 saturated heterocycles. The third kappa shape index (κ3) is 3.29. The number of hydrogen-bond donors (Lipinski definition) is 1. The molecular formula is C16H22FN3O2. The fraction of sp³-hybridized carbons (Fsp3) is 0.562. The average Bonchev–Trinajstić information content (AvgIpc) is 2.95. The van der Waals surface area contributed by atoms with Crippen LogP contribution in [0.25, 0.3) is 0 Å². The van der Waals surface area contributed by atoms with E-state index in [1.54, 1.807) is 11.0 Å². The third-order valence-electron chi connectivity index (χ3n) is 4.35. The van der Waals surface area contributed by atoms with Crippen molar-refractivity contribution in [2.45, 2.75) is 18.5 Å². The molecule has 2 fully saturated rings. The largest absolute Gasteiger partial charge is 0.379 e. The lowest BCUT2D eigenvalue weighted by Crippen LogP contribution is -2.47. The van der Waals surface area contributed by atoms with E-state index in [0.29, 0.717) is 45.0 Å². The highest BCUT2D eigenvalue weighted by Gasteiger charge is 2.35. The van der Waals surface area contributed by atoms with E-state index in [-0.39, 0.29) is 17.8 Å². The van der Waals surface area contributed by atoms with Crippen molar-refractivity contribution in [1.29, 1.82) is 0 Å². The van der Waals surface area contributed by atoms with Gasteiger partial charge in [-0.25, -0.2) is 4.39 Å². The first-order valence-electron chi connectivity index (χ1n) is 7.77. The molecule has 0 radical (unpaired) electrons. The Labute approximate surface area is 129 Å². The summed E-state index contributed by atoms with van der Waals surface area (Å²) in [5, 5.41) is 0. The van der Waals surface area contributed by atoms with E-state index in [2.05, 4.69) is 4.90 Å². The monoisotopic (exact) mass is 307 g/mol. The molecule has 0 spiro atoms. The number of morpholine rings is 1. The third-order valence-corrected chi connectivity index (χ3v) is 4.35. The Kier molecular flexibility index (Phi) is 4.71. The molecule has 2 aliphatic heterocycles. The van der Waals surface area contributed by atoms with Crippen LogP contribution in [-0.2, 0) is 9.53 Å². The molecule has 0 bridgehead atoms. The SMILES string of the molecule is N[C@@H]1CCN(C(=O)[C@H](c2cccc(F)c2)N2CCOCC2)C1. The fourth-order valence-electron chi connectivity index (χ4n) is 3.18. The Morgan fingerprint density at radius 3 is 2.73 bits per heavy atom. The molecular weight excluding hydrogens is 285 g/mol. The van der Waals surface area contributed by atoms with Crippen LogP contribution in [0.2, 0.25) is 0 Å². The van der Waals surface area contributed by atoms with E-state index in [9.17, 15) is 9.18 Å². The molecule has 0 aliphatic carbocycles. The van der Waals surface area contributed by atoms with Crippen LogP contribution in [0.15, 0.2) is 24.3 Å². The van der Waals surface area contributed by atoms with E-state index in [0.717, 1.165) is 6.42 Å². The quantitative estimate of drug-likeness (QED) is 0.896. The maximum absolute atomic E-state index is 13.6. The van der Waals surface area contributed by atoms with Gasteiger partial charge in [0, 0.05) is 32.2 Å². The Hall–Kier alpha value is -1.50. The first kappa shape index (κ1) is 15.4. The summed E-state index contributed by atoms with van der Waals surface area (Å²) in [6, 6.07) is 5.91. The molecule has 2 atom stereocenters. The van der Waals surface area contributed by atoms with Gasteiger partial charge in [0.1, 0.15) is 11.9 Å². The standard InChI is InChI=1S/C16H22FN3O2/c17-13-3-1-2-12(10-13)15(19-6-8-22-9-7-19)16(21)20-5-4-14(18)11-20/h1-3,10,14-15H,4-9,11,18H2/t14-,15+/m1/s1. The van der Waals surface area contributed by atoms with Crippen molar-refractivity contribution in [2.24, 2.45) is 5.73 Å². The number of rotatable bonds is 3. The predicted molar refractivity (Wildman–Crippen MR) is 80.7 cm³/mol. The molecule has 22 heavy (non-hydrogen) atoms. The number of nitrogens with zero attached hydrogens (tertiary/aromatic N) is 2. The van der Waals surface area contributed by atoms with Crippen molar-refractivity contribution in [2.75, 3.05) is 39.4 Å². The molecule has 0 unspecified atom stereocenters. The molecule has 0 aromatic heterocycles. The number of halogens is 1. The number of hydrogen-bond acceptors (Lipinski definition) is 4. The summed E-state index contributed by atoms with van der Waals surface area (Å²) < 4.78 is 19.0. The van der Waals surface area contributed by atoms with Crippen LogP contribution in [0.4, 0.5) is 4.39 Å². The van der Waals surface area contributed by atoms with E-state index in [1.165, 1.54) is 12.1 Å². The fourth-order valence-corrected chi connectivity index (χ4v) is 3.18. The molecule has 1 aromatic rings. The van der Waals surface area contributed by atoms with Crippen LogP contribution in [0.3, 0.4) is 0 Å². The van der Waals surface area contributed by atoms with Crippen molar-refractivity contribution in [3.63, 3.8) is 0 Å². The molecule has 6 heteroatoms. The summed E-state index contributed by atoms with van der Waals surface area (Å²) >= 11 is 0. The van der Waals surface area contributed by atoms with Gasteiger partial charge < -0.3 is 15.4 Å². The van der Waals surface area contributed by atoms with E-state index in [1.807, 2.05) is 6.07 Å². The van der Waals surface area contributed by atoms with Gasteiger partial charge in [-0.1, -0.05) is 12.1 Å². The summed E-state index contributed by atoms with van der Waals surface area (Å²) in [6.07, 6.45) is 0.824. The number of likely N-dealkylation sites (tertiary alicyclic amines) is 1. The lowest BCUT2D eigenvalue weighted by Gasteiger charge is -2.35. The second kappa shape index (κ2) is 6.73. The molecule has 0 saturated carbocycles. The Balaban J connectivity index is 1.86. The number of carbonyl (C=O) groups excluding carboxylic acids is 1. The predicted octanol–water partition coefficient (Wildman–Crippen LogP) is 0.759. The number of amides is 1. The molecule has 2 N–H and O–H groups in total. The minimum Gasteiger partial charge on any atom is -0.379 e. The van der Waals surface area contributed by atoms with Crippen LogP contribution in [0, 0.1) is 5.82 Å². The highest BCUT2D eigenvalue weighted by Crippen LogP contribution is 2.26. The molecule has 1 amide bonds. The molecule has 120 valence electrons. The van der Waals surface area contributed by atoms with E-state index >= 15 is 0 Å². The zero-order valence-electron chi connectivity index (χ0n) is 12.6. The Morgan fingerprint density at radius 1 is 1.32 bits per heavy atom. The van der Waals surface area contributed by atoms with Gasteiger partial charge in [0.25, 0.3) is 0 Å². The summed E-state index contributed by atoms with van der Waals surface area (Å²) in [5.41, 5.74) is 6.62. The summed E-state index contributed by atoms with van der Waals surface area (Å²) in [7, 11) is 0. The van der Waals surface area contributed by atoms with Crippen LogP contribution in [0.1, 0.15) is 18.0 Å². The van der Waals surface area contributed by atoms with Crippen molar-refractivity contribution in [3.8, 4) is 0 Å². The topological polar surface area (TPSA) is 58.8 Å². The number of ether oxygens (including phenoxy) is 1. The Morgan fingerprint density at radius 2 is 2.09 bits per heavy atom. The first-order chi connectivity index (χ1) is 10.6. The maximum Gasteiger partial charge on any atom is 0.244 e. The van der Waals surface area contributed by atoms with Crippen LogP contribution in [0.5, 0.6) is 0 Å². The highest BCUT2D eigenvalue weighted by atomic mass is 19.1. The molecule has 5 nitrogen and oxygen atoms in total. The summed E-state index contributed by atoms with van der Waals surface area (Å²) in [5.74, 6) is -0.304. The summed E-state index contributed by atoms with van der Waals surface area (Å²) in [6.45, 7) is 3.79. The second-order valence-corrected chi connectivity index (χ2v) is 5.94. The van der Waals surface area contributed by atoms with Gasteiger partial charge >= 0.3 is 0 Å². The van der Waals surface area contributed by atoms with Crippen LogP contribution in [-0.4, -0.2) is 61.1 Å². The zero-order chi connectivity index (χ0) is 15.5. The minimum absolute atomic E-state index is 0.0143. The molecule has 2 aliphatic rings. The van der Waals surface area contributed by atoms with Crippen molar-refractivity contribution in [1.82, 2.24) is 9.80 Å². The van der Waals surface area contributed by atoms with Crippen molar-refractivity contribution < 1.29 is 13.9 Å². The molecule has 3 rings (SSSR count). The van der Waals surface area contributed by atoms with Gasteiger partial charge in [0.2, 0.25) is 5.91 Å². The van der Waals surface area contributed by atoms with Crippen molar-refractivity contribution in [3.05, 3.63) is 35.6 Å². The second-order valence-electron chi connectivity index (χ2n) is 5.94. The molecule has 2 heterocycles. The van der Waals surface area contributed by atoms with E-state index in [4.69, 9.17) is 10.5 Å². The van der Waals surface area contributed by atoms with Gasteiger partial charge in [-0.05, 0) is 24.1 Å². The van der Waals surface area contributed by atoms with Crippen LogP contribution < -0.4 is 5.73 Å². The van der Waals surface area contributed by atoms with Crippen molar-refractivity contribution >= 4 is 5.91 Å². The zero-order valence-corrected chi connectivity index (χ0v) is 12.6. The number of carbonyl (C=O) groups is 1. The first-order valence-corrected chi connectivity index (χ1v) is 7.77. The lowest BCUT2D eigenvalue weighted by atomic mass is 10.0. The lowest BCUT2D eigenvalue weighted by molar-refractivity contribution is -0.138. The number of benzene rings is 1. The average molecular weight is 307 g/mol. The molecule has 1 aromatic carbocycles. The number of nitrogens with two attached hydrogens (primary N) is 1. The van der Waals surface area contributed by atoms with Gasteiger partial charge in [-0.3, -0.25) is 9.69 Å². The van der Waals surface area contributed by atoms with Gasteiger partial charge in [-0.15, -0.1) is 0 Å². The Bertz CT molecular complexity index is 534. The maximum atomic E-state index is 13.6. The smallest absolute Gasteiger partial charge is 0.244 e. The van der Waals surface area contributed by atoms with E-state index < -0.39 is 6.04 Å². The van der Waals surface area contributed by atoms with Gasteiger partial charge in [0.15, 0.2) is 0 Å². The van der Waals surface area contributed by atoms with Gasteiger partial charge in [0.05, 0.1) is 13.2 Å². The van der Waals surface area contributed by atoms with Crippen LogP contribution >= 0.6 is 0 Å². The highest BCUT2D eigenvalue weighted by molar-refractivity contribution is 5.83. The van der Waals surface area contributed by atoms with Gasteiger partial charge in [-0.2, -0.15) is 0 Å². The summed E-state index contributed by atoms with van der Waals surface area (Å²) in [4.78, 5) is 16.8.